The van der Waals surface area contributed by atoms with Crippen LogP contribution in [0.4, 0.5) is 13.2 Å². The molecular formula is C16H14F3NO8. The first-order valence-corrected chi connectivity index (χ1v) is 7.65. The minimum absolute atomic E-state index is 0.00664. The summed E-state index contributed by atoms with van der Waals surface area (Å²) in [6.45, 7) is 1.18. The highest BCUT2D eigenvalue weighted by Crippen LogP contribution is 2.39. The normalized spacial score (nSPS) is 15.6. The summed E-state index contributed by atoms with van der Waals surface area (Å²) >= 11 is 0. The van der Waals surface area contributed by atoms with Crippen LogP contribution in [0.3, 0.4) is 0 Å². The second kappa shape index (κ2) is 8.15. The van der Waals surface area contributed by atoms with Crippen molar-refractivity contribution in [1.29, 1.82) is 0 Å². The molecule has 0 amide bonds. The molecule has 0 unspecified atom stereocenters. The van der Waals surface area contributed by atoms with E-state index in [-0.39, 0.29) is 11.3 Å². The number of nitrogens with zero attached hydrogens (tertiary/aromatic N) is 1. The second-order valence-electron chi connectivity index (χ2n) is 5.70. The van der Waals surface area contributed by atoms with Crippen LogP contribution in [-0.4, -0.2) is 42.7 Å². The molecule has 9 nitrogen and oxygen atoms in total. The molecule has 0 spiro atoms. The highest BCUT2D eigenvalue weighted by Gasteiger charge is 2.49. The van der Waals surface area contributed by atoms with Crippen LogP contribution in [0.15, 0.2) is 17.7 Å². The van der Waals surface area contributed by atoms with E-state index < -0.39 is 48.3 Å². The standard InChI is InChI=1S/C16H14F3NO8/c1-8-3-9(2)13-10(4-8)5-11(14(28-13)16(17,18)19)15(22)26-7-25-12(21)6-27-20(23)24/h3-5,14H,6-7H2,1-2H3/t14-/m0/s1. The number of esters is 2. The molecule has 1 aromatic carbocycles. The number of carbonyl (C=O) groups is 2. The molecule has 1 aliphatic rings. The summed E-state index contributed by atoms with van der Waals surface area (Å²) < 4.78 is 53.9. The molecule has 0 radical (unpaired) electrons. The maximum atomic E-state index is 13.3. The Kier molecular flexibility index (Phi) is 6.11. The fourth-order valence-electron chi connectivity index (χ4n) is 2.47. The predicted molar refractivity (Wildman–Crippen MR) is 84.4 cm³/mol. The van der Waals surface area contributed by atoms with Gasteiger partial charge in [0.2, 0.25) is 12.9 Å². The van der Waals surface area contributed by atoms with Gasteiger partial charge in [-0.05, 0) is 31.6 Å². The van der Waals surface area contributed by atoms with Crippen molar-refractivity contribution < 1.29 is 46.9 Å². The molecule has 0 N–H and O–H groups in total. The summed E-state index contributed by atoms with van der Waals surface area (Å²) in [6, 6.07) is 3.17. The molecule has 0 saturated carbocycles. The van der Waals surface area contributed by atoms with Crippen molar-refractivity contribution in [2.45, 2.75) is 26.1 Å². The first-order chi connectivity index (χ1) is 13.0. The van der Waals surface area contributed by atoms with Crippen LogP contribution in [0.25, 0.3) is 6.08 Å². The van der Waals surface area contributed by atoms with Gasteiger partial charge in [-0.1, -0.05) is 11.6 Å². The summed E-state index contributed by atoms with van der Waals surface area (Å²) in [5.41, 5.74) is 0.644. The van der Waals surface area contributed by atoms with Crippen molar-refractivity contribution in [2.24, 2.45) is 0 Å². The largest absolute Gasteiger partial charge is 0.475 e. The van der Waals surface area contributed by atoms with Gasteiger partial charge in [-0.3, -0.25) is 0 Å². The number of alkyl halides is 3. The van der Waals surface area contributed by atoms with Crippen LogP contribution >= 0.6 is 0 Å². The molecule has 1 aliphatic heterocycles. The van der Waals surface area contributed by atoms with Gasteiger partial charge in [0, 0.05) is 5.56 Å². The van der Waals surface area contributed by atoms with Crippen molar-refractivity contribution in [3.8, 4) is 5.75 Å². The number of carbonyl (C=O) groups excluding carboxylic acids is 2. The van der Waals surface area contributed by atoms with Crippen LogP contribution in [0.5, 0.6) is 5.75 Å². The van der Waals surface area contributed by atoms with Crippen LogP contribution in [-0.2, 0) is 23.9 Å². The third-order valence-corrected chi connectivity index (χ3v) is 3.51. The van der Waals surface area contributed by atoms with E-state index in [0.717, 1.165) is 11.6 Å². The quantitative estimate of drug-likeness (QED) is 0.306. The zero-order valence-corrected chi connectivity index (χ0v) is 14.6. The smallest absolute Gasteiger partial charge is 0.430 e. The summed E-state index contributed by atoms with van der Waals surface area (Å²) in [5.74, 6) is -2.68. The van der Waals surface area contributed by atoms with Crippen LogP contribution in [0, 0.1) is 24.0 Å². The number of hydrogen-bond acceptors (Lipinski definition) is 8. The molecule has 0 aliphatic carbocycles. The monoisotopic (exact) mass is 405 g/mol. The molecule has 152 valence electrons. The summed E-state index contributed by atoms with van der Waals surface area (Å²) in [6.07, 6.45) is -6.48. The summed E-state index contributed by atoms with van der Waals surface area (Å²) in [5, 5.41) is 8.69. The molecule has 0 bridgehead atoms. The third kappa shape index (κ3) is 5.11. The molecule has 0 aromatic heterocycles. The molecule has 2 rings (SSSR count). The van der Waals surface area contributed by atoms with Crippen molar-refractivity contribution in [2.75, 3.05) is 13.4 Å². The zero-order chi connectivity index (χ0) is 21.1. The average Bonchev–Trinajstić information content (AvgIpc) is 2.57. The topological polar surface area (TPSA) is 114 Å². The maximum Gasteiger partial charge on any atom is 0.430 e. The van der Waals surface area contributed by atoms with Crippen molar-refractivity contribution in [1.82, 2.24) is 0 Å². The number of aryl methyl sites for hydroxylation is 2. The van der Waals surface area contributed by atoms with E-state index in [9.17, 15) is 32.9 Å². The highest BCUT2D eigenvalue weighted by molar-refractivity contribution is 5.96. The van der Waals surface area contributed by atoms with Gasteiger partial charge in [-0.25, -0.2) is 9.59 Å². The van der Waals surface area contributed by atoms with Gasteiger partial charge in [-0.2, -0.15) is 13.2 Å². The fourth-order valence-corrected chi connectivity index (χ4v) is 2.47. The SMILES string of the molecule is Cc1cc(C)c2c(c1)C=C(C(=O)OCOC(=O)CO[N+](=O)[O-])[C@@H](C(F)(F)F)O2. The fraction of sp³-hybridized carbons (Fsp3) is 0.375. The Morgan fingerprint density at radius 2 is 1.93 bits per heavy atom. The minimum atomic E-state index is -4.91. The van der Waals surface area contributed by atoms with Crippen molar-refractivity contribution in [3.05, 3.63) is 44.5 Å². The molecule has 1 aromatic rings. The molecule has 28 heavy (non-hydrogen) atoms. The van der Waals surface area contributed by atoms with E-state index in [1.54, 1.807) is 19.9 Å². The second-order valence-corrected chi connectivity index (χ2v) is 5.70. The van der Waals surface area contributed by atoms with E-state index in [2.05, 4.69) is 14.3 Å². The van der Waals surface area contributed by atoms with E-state index in [4.69, 9.17) is 4.74 Å². The lowest BCUT2D eigenvalue weighted by Gasteiger charge is -2.29. The molecular weight excluding hydrogens is 391 g/mol. The summed E-state index contributed by atoms with van der Waals surface area (Å²) in [7, 11) is 0. The summed E-state index contributed by atoms with van der Waals surface area (Å²) in [4.78, 5) is 36.8. The Hall–Kier alpha value is -3.31. The number of benzene rings is 1. The van der Waals surface area contributed by atoms with Gasteiger partial charge in [0.25, 0.3) is 5.09 Å². The predicted octanol–water partition coefficient (Wildman–Crippen LogP) is 2.26. The Balaban J connectivity index is 2.15. The lowest BCUT2D eigenvalue weighted by Crippen LogP contribution is -2.41. The lowest BCUT2D eigenvalue weighted by atomic mass is 9.97. The minimum Gasteiger partial charge on any atom is -0.475 e. The third-order valence-electron chi connectivity index (χ3n) is 3.51. The van der Waals surface area contributed by atoms with E-state index in [0.29, 0.717) is 5.56 Å². The van der Waals surface area contributed by atoms with Gasteiger partial charge in [0.1, 0.15) is 5.75 Å². The Morgan fingerprint density at radius 1 is 1.25 bits per heavy atom. The zero-order valence-electron chi connectivity index (χ0n) is 14.6. The number of hydrogen-bond donors (Lipinski definition) is 0. The average molecular weight is 405 g/mol. The first-order valence-electron chi connectivity index (χ1n) is 7.65. The molecule has 1 atom stereocenters. The number of ether oxygens (including phenoxy) is 3. The Bertz CT molecular complexity index is 834. The van der Waals surface area contributed by atoms with Crippen molar-refractivity contribution in [3.63, 3.8) is 0 Å². The van der Waals surface area contributed by atoms with Gasteiger partial charge in [0.05, 0.1) is 5.57 Å². The van der Waals surface area contributed by atoms with E-state index in [1.807, 2.05) is 0 Å². The maximum absolute atomic E-state index is 13.3. The molecule has 1 heterocycles. The van der Waals surface area contributed by atoms with Gasteiger partial charge < -0.3 is 19.0 Å². The van der Waals surface area contributed by atoms with Crippen LogP contribution < -0.4 is 4.74 Å². The number of halogens is 3. The molecule has 0 saturated heterocycles. The highest BCUT2D eigenvalue weighted by atomic mass is 19.4. The van der Waals surface area contributed by atoms with Crippen LogP contribution in [0.2, 0.25) is 0 Å². The molecule has 0 fully saturated rings. The van der Waals surface area contributed by atoms with E-state index in [1.165, 1.54) is 6.07 Å². The van der Waals surface area contributed by atoms with Gasteiger partial charge in [-0.15, -0.1) is 10.1 Å². The number of fused-ring (bicyclic) bond motifs is 1. The van der Waals surface area contributed by atoms with Gasteiger partial charge in [0.15, 0.2) is 6.61 Å². The molecule has 12 heteroatoms. The Labute approximate surface area is 155 Å². The van der Waals surface area contributed by atoms with Crippen LogP contribution in [0.1, 0.15) is 16.7 Å². The lowest BCUT2D eigenvalue weighted by molar-refractivity contribution is -0.754. The van der Waals surface area contributed by atoms with Gasteiger partial charge >= 0.3 is 18.1 Å². The number of rotatable bonds is 6. The van der Waals surface area contributed by atoms with Crippen molar-refractivity contribution >= 4 is 18.0 Å². The Morgan fingerprint density at radius 3 is 2.54 bits per heavy atom. The van der Waals surface area contributed by atoms with E-state index >= 15 is 0 Å². The first kappa shape index (κ1) is 21.0.